The van der Waals surface area contributed by atoms with Crippen molar-refractivity contribution in [3.05, 3.63) is 11.6 Å². The fourth-order valence-electron chi connectivity index (χ4n) is 6.51. The summed E-state index contributed by atoms with van der Waals surface area (Å²) in [5.41, 5.74) is 1.93. The molecule has 5 heteroatoms. The first-order valence-corrected chi connectivity index (χ1v) is 10.2. The molecule has 4 aliphatic carbocycles. The second-order valence-electron chi connectivity index (χ2n) is 9.35. The lowest BCUT2D eigenvalue weighted by molar-refractivity contribution is -0.136. The molecule has 1 heterocycles. The molecule has 5 rings (SSSR count). The third kappa shape index (κ3) is 2.66. The van der Waals surface area contributed by atoms with E-state index in [0.29, 0.717) is 11.3 Å². The molecule has 5 nitrogen and oxygen atoms in total. The Hall–Kier alpha value is -0.910. The van der Waals surface area contributed by atoms with Gasteiger partial charge in [-0.15, -0.1) is 0 Å². The Bertz CT molecular complexity index is 616. The smallest absolute Gasteiger partial charge is 0.303 e. The van der Waals surface area contributed by atoms with Gasteiger partial charge >= 0.3 is 5.97 Å². The molecule has 0 aromatic carbocycles. The molecule has 146 valence electrons. The van der Waals surface area contributed by atoms with Gasteiger partial charge in [-0.05, 0) is 55.8 Å². The summed E-state index contributed by atoms with van der Waals surface area (Å²) in [6.07, 6.45) is 8.62. The lowest BCUT2D eigenvalue weighted by Crippen LogP contribution is -2.55. The highest BCUT2D eigenvalue weighted by molar-refractivity contribution is 5.66. The van der Waals surface area contributed by atoms with Crippen LogP contribution >= 0.6 is 0 Å². The first kappa shape index (κ1) is 18.5. The maximum absolute atomic E-state index is 10.8. The zero-order valence-electron chi connectivity index (χ0n) is 15.9. The predicted octanol–water partition coefficient (Wildman–Crippen LogP) is 2.75. The summed E-state index contributed by atoms with van der Waals surface area (Å²) in [5.74, 6) is 0.859. The molecule has 3 N–H and O–H groups in total. The molecule has 0 radical (unpaired) electrons. The molecule has 4 fully saturated rings. The van der Waals surface area contributed by atoms with Crippen molar-refractivity contribution in [3.63, 3.8) is 0 Å². The van der Waals surface area contributed by atoms with Crippen LogP contribution in [0.3, 0.4) is 0 Å². The average molecular weight is 364 g/mol. The van der Waals surface area contributed by atoms with Crippen LogP contribution in [0.5, 0.6) is 0 Å². The summed E-state index contributed by atoms with van der Waals surface area (Å²) >= 11 is 0. The number of carboxylic acids is 1. The lowest BCUT2D eigenvalue weighted by Gasteiger charge is -2.56. The number of rotatable bonds is 1. The van der Waals surface area contributed by atoms with Crippen LogP contribution in [0.4, 0.5) is 0 Å². The standard InChI is InChI=1S/C18H26O3.C3H6O2/c1-17-4-2-12(19)6-10(17)7-14(20)15-13(17)3-5-18-8-11(18)9-21-16(15)18;1-2-3(4)5/h7,11-16,19-20H,2-6,8-9H2,1H3;2H2,1H3,(H,4,5)/t11?,12-,13?,14-,15?,16?,17-,18-;/m0./s1. The van der Waals surface area contributed by atoms with Crippen LogP contribution in [-0.4, -0.2) is 46.2 Å². The van der Waals surface area contributed by atoms with Gasteiger partial charge in [0.2, 0.25) is 0 Å². The number of aliphatic hydroxyl groups excluding tert-OH is 2. The summed E-state index contributed by atoms with van der Waals surface area (Å²) < 4.78 is 6.16. The number of aliphatic carboxylic acids is 1. The number of carboxylic acid groups (broad SMARTS) is 1. The van der Waals surface area contributed by atoms with Gasteiger partial charge < -0.3 is 20.1 Å². The van der Waals surface area contributed by atoms with Crippen molar-refractivity contribution in [1.29, 1.82) is 0 Å². The summed E-state index contributed by atoms with van der Waals surface area (Å²) in [7, 11) is 0. The maximum atomic E-state index is 10.8. The van der Waals surface area contributed by atoms with Crippen molar-refractivity contribution in [2.45, 2.75) is 77.1 Å². The van der Waals surface area contributed by atoms with Crippen molar-refractivity contribution in [2.24, 2.45) is 28.6 Å². The molecule has 1 spiro atoms. The van der Waals surface area contributed by atoms with Gasteiger partial charge in [0.15, 0.2) is 0 Å². The number of hydrogen-bond donors (Lipinski definition) is 3. The fourth-order valence-corrected chi connectivity index (χ4v) is 6.51. The van der Waals surface area contributed by atoms with Gasteiger partial charge in [0, 0.05) is 17.8 Å². The number of hydrogen-bond acceptors (Lipinski definition) is 4. The van der Waals surface area contributed by atoms with E-state index < -0.39 is 5.97 Å². The van der Waals surface area contributed by atoms with Crippen molar-refractivity contribution >= 4 is 5.97 Å². The third-order valence-electron chi connectivity index (χ3n) is 8.13. The quantitative estimate of drug-likeness (QED) is 0.623. The predicted molar refractivity (Wildman–Crippen MR) is 96.5 cm³/mol. The zero-order valence-corrected chi connectivity index (χ0v) is 15.9. The summed E-state index contributed by atoms with van der Waals surface area (Å²) in [5, 5.41) is 28.5. The molecule has 4 unspecified atom stereocenters. The summed E-state index contributed by atoms with van der Waals surface area (Å²) in [6, 6.07) is 0. The monoisotopic (exact) mass is 364 g/mol. The van der Waals surface area contributed by atoms with Crippen LogP contribution < -0.4 is 0 Å². The molecular formula is C21H32O5. The topological polar surface area (TPSA) is 87.0 Å². The first-order valence-electron chi connectivity index (χ1n) is 10.2. The SMILES string of the molecule is CCC(=O)O.C[C@]12CC[C@H](O)CC1=C[C@H](O)C1C3OCC4C[C@@]43CCC12. The van der Waals surface area contributed by atoms with Crippen LogP contribution in [0.2, 0.25) is 0 Å². The molecular weight excluding hydrogens is 332 g/mol. The second-order valence-corrected chi connectivity index (χ2v) is 9.35. The fraction of sp³-hybridized carbons (Fsp3) is 0.857. The van der Waals surface area contributed by atoms with E-state index in [4.69, 9.17) is 9.84 Å². The molecule has 8 atom stereocenters. The molecule has 1 saturated heterocycles. The molecule has 0 amide bonds. The van der Waals surface area contributed by atoms with E-state index in [0.717, 1.165) is 31.8 Å². The van der Waals surface area contributed by atoms with Crippen molar-refractivity contribution in [2.75, 3.05) is 6.61 Å². The minimum absolute atomic E-state index is 0.182. The Morgan fingerprint density at radius 3 is 2.69 bits per heavy atom. The molecule has 5 aliphatic rings. The minimum Gasteiger partial charge on any atom is -0.481 e. The average Bonchev–Trinajstić information content (AvgIpc) is 3.18. The van der Waals surface area contributed by atoms with Crippen molar-refractivity contribution < 1.29 is 24.9 Å². The zero-order chi connectivity index (χ0) is 18.7. The van der Waals surface area contributed by atoms with E-state index in [-0.39, 0.29) is 36.1 Å². The highest BCUT2D eigenvalue weighted by Gasteiger charge is 2.70. The van der Waals surface area contributed by atoms with Crippen molar-refractivity contribution in [1.82, 2.24) is 0 Å². The minimum atomic E-state index is -0.745. The Balaban J connectivity index is 0.000000301. The van der Waals surface area contributed by atoms with Crippen LogP contribution in [0.15, 0.2) is 11.6 Å². The van der Waals surface area contributed by atoms with Gasteiger partial charge in [0.1, 0.15) is 0 Å². The Morgan fingerprint density at radius 2 is 2.04 bits per heavy atom. The molecule has 26 heavy (non-hydrogen) atoms. The molecule has 0 aromatic heterocycles. The van der Waals surface area contributed by atoms with Crippen molar-refractivity contribution in [3.8, 4) is 0 Å². The maximum Gasteiger partial charge on any atom is 0.303 e. The number of fused-ring (bicyclic) bond motifs is 4. The van der Waals surface area contributed by atoms with E-state index in [1.165, 1.54) is 24.8 Å². The molecule has 1 aliphatic heterocycles. The number of aliphatic hydroxyl groups is 2. The molecule has 0 bridgehead atoms. The van der Waals surface area contributed by atoms with Gasteiger partial charge in [0.05, 0.1) is 24.9 Å². The second kappa shape index (κ2) is 6.32. The lowest BCUT2D eigenvalue weighted by atomic mass is 9.50. The van der Waals surface area contributed by atoms with Gasteiger partial charge in [-0.3, -0.25) is 4.79 Å². The highest BCUT2D eigenvalue weighted by Crippen LogP contribution is 2.71. The van der Waals surface area contributed by atoms with E-state index >= 15 is 0 Å². The molecule has 0 aromatic rings. The highest BCUT2D eigenvalue weighted by atomic mass is 16.5. The van der Waals surface area contributed by atoms with E-state index in [9.17, 15) is 15.0 Å². The largest absolute Gasteiger partial charge is 0.481 e. The van der Waals surface area contributed by atoms with Crippen LogP contribution in [-0.2, 0) is 9.53 Å². The number of ether oxygens (including phenoxy) is 1. The Labute approximate surface area is 155 Å². The van der Waals surface area contributed by atoms with Gasteiger partial charge in [-0.25, -0.2) is 0 Å². The third-order valence-corrected chi connectivity index (χ3v) is 8.13. The summed E-state index contributed by atoms with van der Waals surface area (Å²) in [4.78, 5) is 9.37. The van der Waals surface area contributed by atoms with E-state index in [1.54, 1.807) is 6.92 Å². The van der Waals surface area contributed by atoms with Crippen LogP contribution in [0.25, 0.3) is 0 Å². The van der Waals surface area contributed by atoms with Crippen LogP contribution in [0, 0.1) is 28.6 Å². The Morgan fingerprint density at radius 1 is 1.31 bits per heavy atom. The molecule has 3 saturated carbocycles. The van der Waals surface area contributed by atoms with E-state index in [2.05, 4.69) is 13.0 Å². The van der Waals surface area contributed by atoms with Gasteiger partial charge in [-0.1, -0.05) is 25.5 Å². The Kier molecular flexibility index (Phi) is 4.48. The van der Waals surface area contributed by atoms with Gasteiger partial charge in [-0.2, -0.15) is 0 Å². The number of carbonyl (C=O) groups is 1. The van der Waals surface area contributed by atoms with Crippen LogP contribution in [0.1, 0.15) is 58.8 Å². The van der Waals surface area contributed by atoms with Gasteiger partial charge in [0.25, 0.3) is 0 Å². The van der Waals surface area contributed by atoms with E-state index in [1.807, 2.05) is 0 Å². The normalized spacial score (nSPS) is 50.8. The summed E-state index contributed by atoms with van der Waals surface area (Å²) in [6.45, 7) is 4.90. The first-order chi connectivity index (χ1) is 12.3.